The van der Waals surface area contributed by atoms with Gasteiger partial charge in [-0.3, -0.25) is 0 Å². The Morgan fingerprint density at radius 2 is 1.74 bits per heavy atom. The number of anilines is 1. The third-order valence-corrected chi connectivity index (χ3v) is 3.18. The zero-order chi connectivity index (χ0) is 13.8. The van der Waals surface area contributed by atoms with Crippen LogP contribution in [-0.4, -0.2) is 7.11 Å². The number of hydrogen-bond donors (Lipinski definition) is 1. The summed E-state index contributed by atoms with van der Waals surface area (Å²) in [7, 11) is 1.68. The van der Waals surface area contributed by atoms with E-state index in [0.717, 1.165) is 17.0 Å². The Hall–Kier alpha value is -2.03. The van der Waals surface area contributed by atoms with Crippen molar-refractivity contribution in [2.45, 2.75) is 20.4 Å². The smallest absolute Gasteiger partial charge is 0.123 e. The van der Waals surface area contributed by atoms with Crippen molar-refractivity contribution in [3.63, 3.8) is 0 Å². The highest BCUT2D eigenvalue weighted by Crippen LogP contribution is 2.23. The predicted octanol–water partition coefficient (Wildman–Crippen LogP) is 4.06. The van der Waals surface area contributed by atoms with E-state index in [-0.39, 0.29) is 5.82 Å². The van der Waals surface area contributed by atoms with Gasteiger partial charge in [0, 0.05) is 12.2 Å². The van der Waals surface area contributed by atoms with Gasteiger partial charge in [-0.25, -0.2) is 4.39 Å². The molecule has 0 fully saturated rings. The number of methoxy groups -OCH3 is 1. The van der Waals surface area contributed by atoms with Crippen LogP contribution in [0, 0.1) is 19.7 Å². The molecule has 2 nitrogen and oxygen atoms in total. The number of benzene rings is 2. The standard InChI is InChI=1S/C16H18FNO/c1-11-9-16(19-3)12(2)8-13(11)10-18-15-6-4-14(17)5-7-15/h4-9,18H,10H2,1-3H3. The monoisotopic (exact) mass is 259 g/mol. The molecule has 2 aromatic rings. The molecule has 2 rings (SSSR count). The Labute approximate surface area is 113 Å². The number of aryl methyl sites for hydroxylation is 2. The van der Waals surface area contributed by atoms with Crippen LogP contribution in [-0.2, 0) is 6.54 Å². The molecule has 0 unspecified atom stereocenters. The van der Waals surface area contributed by atoms with Crippen LogP contribution < -0.4 is 10.1 Å². The van der Waals surface area contributed by atoms with E-state index in [4.69, 9.17) is 4.74 Å². The molecule has 0 saturated carbocycles. The summed E-state index contributed by atoms with van der Waals surface area (Å²) in [6, 6.07) is 10.5. The van der Waals surface area contributed by atoms with Gasteiger partial charge in [0.2, 0.25) is 0 Å². The Bertz CT molecular complexity index is 564. The normalized spacial score (nSPS) is 10.3. The van der Waals surface area contributed by atoms with Crippen molar-refractivity contribution < 1.29 is 9.13 Å². The number of halogens is 1. The van der Waals surface area contributed by atoms with Crippen LogP contribution in [0.3, 0.4) is 0 Å². The van der Waals surface area contributed by atoms with Gasteiger partial charge in [0.05, 0.1) is 7.11 Å². The number of ether oxygens (including phenoxy) is 1. The third-order valence-electron chi connectivity index (χ3n) is 3.18. The van der Waals surface area contributed by atoms with Crippen molar-refractivity contribution in [3.05, 3.63) is 58.9 Å². The molecule has 3 heteroatoms. The lowest BCUT2D eigenvalue weighted by Crippen LogP contribution is -2.02. The van der Waals surface area contributed by atoms with Gasteiger partial charge in [-0.15, -0.1) is 0 Å². The largest absolute Gasteiger partial charge is 0.496 e. The van der Waals surface area contributed by atoms with Crippen molar-refractivity contribution >= 4 is 5.69 Å². The minimum absolute atomic E-state index is 0.220. The van der Waals surface area contributed by atoms with E-state index in [1.165, 1.54) is 23.3 Å². The van der Waals surface area contributed by atoms with Crippen molar-refractivity contribution in [3.8, 4) is 5.75 Å². The molecule has 0 saturated heterocycles. The second-order valence-corrected chi connectivity index (χ2v) is 4.61. The summed E-state index contributed by atoms with van der Waals surface area (Å²) in [6.45, 7) is 4.80. The quantitative estimate of drug-likeness (QED) is 0.894. The van der Waals surface area contributed by atoms with Crippen LogP contribution in [0.2, 0.25) is 0 Å². The first kappa shape index (κ1) is 13.4. The summed E-state index contributed by atoms with van der Waals surface area (Å²) >= 11 is 0. The Morgan fingerprint density at radius 3 is 2.37 bits per heavy atom. The van der Waals surface area contributed by atoms with Crippen LogP contribution in [0.5, 0.6) is 5.75 Å². The summed E-state index contributed by atoms with van der Waals surface area (Å²) in [4.78, 5) is 0. The van der Waals surface area contributed by atoms with Gasteiger partial charge in [0.15, 0.2) is 0 Å². The molecular weight excluding hydrogens is 241 g/mol. The molecule has 0 aliphatic carbocycles. The lowest BCUT2D eigenvalue weighted by atomic mass is 10.0. The van der Waals surface area contributed by atoms with Gasteiger partial charge in [-0.1, -0.05) is 6.07 Å². The highest BCUT2D eigenvalue weighted by atomic mass is 19.1. The van der Waals surface area contributed by atoms with Gasteiger partial charge in [-0.05, 0) is 60.9 Å². The maximum Gasteiger partial charge on any atom is 0.123 e. The summed E-state index contributed by atoms with van der Waals surface area (Å²) < 4.78 is 18.1. The highest BCUT2D eigenvalue weighted by molar-refractivity contribution is 5.46. The molecular formula is C16H18FNO. The van der Waals surface area contributed by atoms with Gasteiger partial charge in [0.25, 0.3) is 0 Å². The van der Waals surface area contributed by atoms with Gasteiger partial charge < -0.3 is 10.1 Å². The molecule has 0 amide bonds. The minimum Gasteiger partial charge on any atom is -0.496 e. The third kappa shape index (κ3) is 3.25. The van der Waals surface area contributed by atoms with Crippen molar-refractivity contribution in [2.75, 3.05) is 12.4 Å². The molecule has 0 aliphatic rings. The maximum absolute atomic E-state index is 12.8. The molecule has 0 heterocycles. The summed E-state index contributed by atoms with van der Waals surface area (Å²) in [5.74, 6) is 0.685. The molecule has 0 aromatic heterocycles. The fraction of sp³-hybridized carbons (Fsp3) is 0.250. The minimum atomic E-state index is -0.220. The molecule has 0 radical (unpaired) electrons. The zero-order valence-electron chi connectivity index (χ0n) is 11.5. The second-order valence-electron chi connectivity index (χ2n) is 4.61. The average molecular weight is 259 g/mol. The molecule has 0 aliphatic heterocycles. The Morgan fingerprint density at radius 1 is 1.05 bits per heavy atom. The van der Waals surface area contributed by atoms with Crippen molar-refractivity contribution in [2.24, 2.45) is 0 Å². The van der Waals surface area contributed by atoms with E-state index in [9.17, 15) is 4.39 Å². The average Bonchev–Trinajstić information content (AvgIpc) is 2.41. The molecule has 2 aromatic carbocycles. The fourth-order valence-electron chi connectivity index (χ4n) is 2.02. The molecule has 0 bridgehead atoms. The van der Waals surface area contributed by atoms with Crippen LogP contribution >= 0.6 is 0 Å². The van der Waals surface area contributed by atoms with E-state index >= 15 is 0 Å². The van der Waals surface area contributed by atoms with E-state index in [0.29, 0.717) is 6.54 Å². The molecule has 19 heavy (non-hydrogen) atoms. The zero-order valence-corrected chi connectivity index (χ0v) is 11.5. The summed E-state index contributed by atoms with van der Waals surface area (Å²) in [6.07, 6.45) is 0. The predicted molar refractivity (Wildman–Crippen MR) is 76.2 cm³/mol. The van der Waals surface area contributed by atoms with Gasteiger partial charge in [-0.2, -0.15) is 0 Å². The molecule has 0 spiro atoms. The van der Waals surface area contributed by atoms with Gasteiger partial charge in [0.1, 0.15) is 11.6 Å². The van der Waals surface area contributed by atoms with E-state index in [1.54, 1.807) is 19.2 Å². The van der Waals surface area contributed by atoms with Crippen LogP contribution in [0.1, 0.15) is 16.7 Å². The highest BCUT2D eigenvalue weighted by Gasteiger charge is 2.04. The van der Waals surface area contributed by atoms with E-state index in [2.05, 4.69) is 18.3 Å². The summed E-state index contributed by atoms with van der Waals surface area (Å²) in [5.41, 5.74) is 4.41. The molecule has 0 atom stereocenters. The van der Waals surface area contributed by atoms with Crippen LogP contribution in [0.25, 0.3) is 0 Å². The first-order chi connectivity index (χ1) is 9.10. The lowest BCUT2D eigenvalue weighted by molar-refractivity contribution is 0.411. The second kappa shape index (κ2) is 5.74. The summed E-state index contributed by atoms with van der Waals surface area (Å²) in [5, 5.41) is 3.29. The van der Waals surface area contributed by atoms with Gasteiger partial charge >= 0.3 is 0 Å². The number of nitrogens with one attached hydrogen (secondary N) is 1. The Balaban J connectivity index is 2.11. The molecule has 1 N–H and O–H groups in total. The lowest BCUT2D eigenvalue weighted by Gasteiger charge is -2.13. The van der Waals surface area contributed by atoms with E-state index < -0.39 is 0 Å². The van der Waals surface area contributed by atoms with Crippen molar-refractivity contribution in [1.29, 1.82) is 0 Å². The number of rotatable bonds is 4. The SMILES string of the molecule is COc1cc(C)c(CNc2ccc(F)cc2)cc1C. The van der Waals surface area contributed by atoms with Crippen LogP contribution in [0.15, 0.2) is 36.4 Å². The first-order valence-corrected chi connectivity index (χ1v) is 6.23. The molecule has 100 valence electrons. The van der Waals surface area contributed by atoms with Crippen molar-refractivity contribution in [1.82, 2.24) is 0 Å². The van der Waals surface area contributed by atoms with E-state index in [1.807, 2.05) is 13.0 Å². The van der Waals surface area contributed by atoms with Crippen LogP contribution in [0.4, 0.5) is 10.1 Å². The maximum atomic E-state index is 12.8. The Kier molecular flexibility index (Phi) is 4.05. The first-order valence-electron chi connectivity index (χ1n) is 6.23. The fourth-order valence-corrected chi connectivity index (χ4v) is 2.02. The number of hydrogen-bond acceptors (Lipinski definition) is 2. The topological polar surface area (TPSA) is 21.3 Å².